The molecule has 150 valence electrons. The molecule has 0 bridgehead atoms. The Balaban J connectivity index is 1.77. The van der Waals surface area contributed by atoms with Crippen molar-refractivity contribution in [2.75, 3.05) is 0 Å². The standard InChI is InChI=1S/C25H30N2O2/c1-13-9-23-21(17(5)15(13)3)11-26-19(7)20(8)27-12-22-18(6)16(4)14(2)10-24(22)29-25(26,27)28-23/h9-12,19-20H,1-8H3/q+2. The lowest BCUT2D eigenvalue weighted by atomic mass is 9.97. The van der Waals surface area contributed by atoms with Crippen LogP contribution in [-0.2, 0) is 0 Å². The molecule has 1 spiro atoms. The van der Waals surface area contributed by atoms with E-state index in [0.717, 1.165) is 22.6 Å². The first-order valence-electron chi connectivity index (χ1n) is 10.5. The van der Waals surface area contributed by atoms with Gasteiger partial charge in [0.05, 0.1) is 11.1 Å². The third kappa shape index (κ3) is 2.20. The van der Waals surface area contributed by atoms with Crippen molar-refractivity contribution in [3.8, 4) is 11.5 Å². The number of aryl methyl sites for hydroxylation is 2. The summed E-state index contributed by atoms with van der Waals surface area (Å²) in [7, 11) is 0. The summed E-state index contributed by atoms with van der Waals surface area (Å²) in [4.78, 5) is 0. The maximum Gasteiger partial charge on any atom is 0.704 e. The van der Waals surface area contributed by atoms with Gasteiger partial charge in [0.25, 0.3) is 0 Å². The van der Waals surface area contributed by atoms with Crippen LogP contribution < -0.4 is 9.47 Å². The van der Waals surface area contributed by atoms with Crippen molar-refractivity contribution < 1.29 is 18.6 Å². The third-order valence-electron chi connectivity index (χ3n) is 7.59. The fraction of sp³-hybridized carbons (Fsp3) is 0.440. The number of ether oxygens (including phenoxy) is 2. The molecule has 2 aromatic rings. The Kier molecular flexibility index (Phi) is 3.63. The monoisotopic (exact) mass is 390 g/mol. The zero-order chi connectivity index (χ0) is 20.8. The van der Waals surface area contributed by atoms with Crippen LogP contribution >= 0.6 is 0 Å². The minimum atomic E-state index is -0.971. The quantitative estimate of drug-likeness (QED) is 0.627. The van der Waals surface area contributed by atoms with Gasteiger partial charge in [-0.25, -0.2) is 0 Å². The predicted molar refractivity (Wildman–Crippen MR) is 115 cm³/mol. The molecular formula is C25H30N2O2+2. The van der Waals surface area contributed by atoms with Gasteiger partial charge < -0.3 is 9.47 Å². The summed E-state index contributed by atoms with van der Waals surface area (Å²) in [6.45, 7) is 17.5. The van der Waals surface area contributed by atoms with Crippen molar-refractivity contribution in [3.05, 3.63) is 56.6 Å². The van der Waals surface area contributed by atoms with Crippen LogP contribution in [0, 0.1) is 41.5 Å². The van der Waals surface area contributed by atoms with Gasteiger partial charge >= 0.3 is 6.03 Å². The Morgan fingerprint density at radius 1 is 0.655 bits per heavy atom. The van der Waals surface area contributed by atoms with E-state index in [-0.39, 0.29) is 12.1 Å². The van der Waals surface area contributed by atoms with Crippen molar-refractivity contribution in [1.82, 2.24) is 0 Å². The summed E-state index contributed by atoms with van der Waals surface area (Å²) in [6.07, 6.45) is 4.49. The van der Waals surface area contributed by atoms with E-state index in [9.17, 15) is 0 Å². The average Bonchev–Trinajstić information content (AvgIpc) is 2.88. The highest BCUT2D eigenvalue weighted by Crippen LogP contribution is 2.43. The van der Waals surface area contributed by atoms with E-state index >= 15 is 0 Å². The first kappa shape index (κ1) is 18.4. The lowest BCUT2D eigenvalue weighted by Gasteiger charge is -2.29. The first-order chi connectivity index (χ1) is 13.7. The first-order valence-corrected chi connectivity index (χ1v) is 10.5. The number of benzene rings is 2. The van der Waals surface area contributed by atoms with Crippen LogP contribution in [-0.4, -0.2) is 39.7 Å². The minimum Gasteiger partial charge on any atom is -0.341 e. The predicted octanol–water partition coefficient (Wildman–Crippen LogP) is 4.29. The second-order valence-corrected chi connectivity index (χ2v) is 9.02. The van der Waals surface area contributed by atoms with Gasteiger partial charge in [0, 0.05) is 13.8 Å². The maximum atomic E-state index is 6.74. The lowest BCUT2D eigenvalue weighted by Crippen LogP contribution is -2.60. The van der Waals surface area contributed by atoms with Crippen molar-refractivity contribution in [1.29, 1.82) is 0 Å². The van der Waals surface area contributed by atoms with E-state index in [1.54, 1.807) is 0 Å². The van der Waals surface area contributed by atoms with Crippen LogP contribution in [0.5, 0.6) is 11.5 Å². The molecule has 0 aromatic heterocycles. The minimum absolute atomic E-state index is 0.247. The number of nitrogens with zero attached hydrogens (tertiary/aromatic N) is 2. The van der Waals surface area contributed by atoms with Gasteiger partial charge in [-0.3, -0.25) is 0 Å². The van der Waals surface area contributed by atoms with E-state index in [2.05, 4.69) is 89.1 Å². The zero-order valence-corrected chi connectivity index (χ0v) is 18.7. The summed E-state index contributed by atoms with van der Waals surface area (Å²) in [5, 5.41) is 0. The Bertz CT molecular complexity index is 1060. The highest BCUT2D eigenvalue weighted by Gasteiger charge is 2.74. The zero-order valence-electron chi connectivity index (χ0n) is 18.7. The molecular weight excluding hydrogens is 360 g/mol. The summed E-state index contributed by atoms with van der Waals surface area (Å²) in [5.41, 5.74) is 9.99. The van der Waals surface area contributed by atoms with Crippen LogP contribution in [0.25, 0.3) is 0 Å². The number of hydrogen-bond acceptors (Lipinski definition) is 2. The van der Waals surface area contributed by atoms with Gasteiger partial charge in [0.15, 0.2) is 23.9 Å². The van der Waals surface area contributed by atoms with E-state index < -0.39 is 6.03 Å². The van der Waals surface area contributed by atoms with E-state index in [0.29, 0.717) is 0 Å². The summed E-state index contributed by atoms with van der Waals surface area (Å²) in [6, 6.07) is 3.82. The fourth-order valence-corrected chi connectivity index (χ4v) is 4.93. The Morgan fingerprint density at radius 2 is 1.03 bits per heavy atom. The molecule has 0 N–H and O–H groups in total. The largest absolute Gasteiger partial charge is 0.704 e. The number of hydrogen-bond donors (Lipinski definition) is 0. The molecule has 2 aromatic carbocycles. The molecule has 0 saturated carbocycles. The number of rotatable bonds is 0. The van der Waals surface area contributed by atoms with Gasteiger partial charge in [-0.15, -0.1) is 0 Å². The van der Waals surface area contributed by atoms with Crippen LogP contribution in [0.15, 0.2) is 12.1 Å². The highest BCUT2D eigenvalue weighted by molar-refractivity contribution is 5.86. The summed E-state index contributed by atoms with van der Waals surface area (Å²) >= 11 is 0. The molecule has 1 saturated heterocycles. The lowest BCUT2D eigenvalue weighted by molar-refractivity contribution is -0.865. The Morgan fingerprint density at radius 3 is 1.41 bits per heavy atom. The molecule has 0 radical (unpaired) electrons. The van der Waals surface area contributed by atoms with E-state index in [4.69, 9.17) is 9.47 Å². The van der Waals surface area contributed by atoms with Crippen molar-refractivity contribution in [2.24, 2.45) is 0 Å². The molecule has 3 aliphatic heterocycles. The van der Waals surface area contributed by atoms with Crippen LogP contribution in [0.3, 0.4) is 0 Å². The molecule has 0 aliphatic carbocycles. The van der Waals surface area contributed by atoms with Gasteiger partial charge in [0.1, 0.15) is 0 Å². The second kappa shape index (κ2) is 5.71. The highest BCUT2D eigenvalue weighted by atomic mass is 16.7. The van der Waals surface area contributed by atoms with Crippen molar-refractivity contribution in [3.63, 3.8) is 0 Å². The van der Waals surface area contributed by atoms with E-state index in [1.807, 2.05) is 0 Å². The molecule has 5 rings (SSSR count). The molecule has 4 nitrogen and oxygen atoms in total. The van der Waals surface area contributed by atoms with Crippen LogP contribution in [0.4, 0.5) is 0 Å². The summed E-state index contributed by atoms with van der Waals surface area (Å²) < 4.78 is 18.0. The smallest absolute Gasteiger partial charge is 0.341 e. The topological polar surface area (TPSA) is 24.5 Å². The Labute approximate surface area is 173 Å². The van der Waals surface area contributed by atoms with Crippen LogP contribution in [0.2, 0.25) is 0 Å². The van der Waals surface area contributed by atoms with E-state index in [1.165, 1.54) is 33.4 Å². The van der Waals surface area contributed by atoms with Crippen molar-refractivity contribution >= 4 is 12.4 Å². The van der Waals surface area contributed by atoms with Gasteiger partial charge in [-0.1, -0.05) is 9.15 Å². The average molecular weight is 391 g/mol. The fourth-order valence-electron chi connectivity index (χ4n) is 4.93. The molecule has 0 amide bonds. The molecule has 2 unspecified atom stereocenters. The molecule has 1 fully saturated rings. The van der Waals surface area contributed by atoms with Gasteiger partial charge in [0.2, 0.25) is 12.1 Å². The van der Waals surface area contributed by atoms with Gasteiger partial charge in [-0.05, 0) is 87.1 Å². The van der Waals surface area contributed by atoms with Crippen molar-refractivity contribution in [2.45, 2.75) is 73.5 Å². The Hall–Kier alpha value is -2.62. The van der Waals surface area contributed by atoms with Crippen LogP contribution in [0.1, 0.15) is 58.4 Å². The third-order valence-corrected chi connectivity index (χ3v) is 7.59. The number of fused-ring (bicyclic) bond motifs is 2. The molecule has 4 heteroatoms. The maximum absolute atomic E-state index is 6.74. The molecule has 29 heavy (non-hydrogen) atoms. The van der Waals surface area contributed by atoms with Gasteiger partial charge in [-0.2, -0.15) is 0 Å². The molecule has 3 heterocycles. The summed E-state index contributed by atoms with van der Waals surface area (Å²) in [5.74, 6) is 1.79. The molecule has 2 atom stereocenters. The second-order valence-electron chi connectivity index (χ2n) is 9.02. The molecule has 3 aliphatic rings. The SMILES string of the molecule is Cc1cc2c(c(C)c1C)C=[N+]1C(C)C(C)[N+]3=Cc4c(cc(C)c(C)c4C)OC13O2. The normalized spacial score (nSPS) is 26.3.